The van der Waals surface area contributed by atoms with Gasteiger partial charge in [0, 0.05) is 43.4 Å². The Kier molecular flexibility index (Phi) is 18.2. The van der Waals surface area contributed by atoms with E-state index in [1.165, 1.54) is 0 Å². The molecular formula is C50H65N3O10. The second kappa shape index (κ2) is 24.1. The quantitative estimate of drug-likeness (QED) is 0.0410. The van der Waals surface area contributed by atoms with Gasteiger partial charge >= 0.3 is 6.09 Å². The van der Waals surface area contributed by atoms with Crippen LogP contribution in [0, 0.1) is 24.7 Å². The zero-order valence-corrected chi connectivity index (χ0v) is 36.7. The van der Waals surface area contributed by atoms with Gasteiger partial charge in [0.25, 0.3) is 0 Å². The molecule has 2 aromatic carbocycles. The number of aromatic nitrogens is 1. The van der Waals surface area contributed by atoms with E-state index in [9.17, 15) is 20.1 Å². The minimum Gasteiger partial charge on any atom is -0.487 e. The predicted molar refractivity (Wildman–Crippen MR) is 240 cm³/mol. The lowest BCUT2D eigenvalue weighted by molar-refractivity contribution is -0.256. The van der Waals surface area contributed by atoms with E-state index in [-0.39, 0.29) is 90.2 Å². The van der Waals surface area contributed by atoms with Gasteiger partial charge in [0.1, 0.15) is 30.8 Å². The summed E-state index contributed by atoms with van der Waals surface area (Å²) in [4.78, 5) is 26.9. The third-order valence-corrected chi connectivity index (χ3v) is 12.1. The third kappa shape index (κ3) is 12.0. The summed E-state index contributed by atoms with van der Waals surface area (Å²) in [5.74, 6) is -0.912. The number of hydrogen-bond acceptors (Lipinski definition) is 12. The average Bonchev–Trinajstić information content (AvgIpc) is 3.29. The van der Waals surface area contributed by atoms with Gasteiger partial charge in [-0.25, -0.2) is 4.79 Å². The molecule has 0 spiro atoms. The highest BCUT2D eigenvalue weighted by molar-refractivity contribution is 6.03. The highest BCUT2D eigenvalue weighted by Crippen LogP contribution is 2.62. The molecule has 6 rings (SSSR count). The van der Waals surface area contributed by atoms with Crippen LogP contribution in [0.15, 0.2) is 109 Å². The van der Waals surface area contributed by atoms with E-state index in [1.54, 1.807) is 17.1 Å². The average molecular weight is 868 g/mol. The predicted octanol–water partition coefficient (Wildman–Crippen LogP) is 7.83. The topological polar surface area (TPSA) is 162 Å². The minimum atomic E-state index is -1.48. The molecule has 1 fully saturated rings. The van der Waals surface area contributed by atoms with Crippen LogP contribution in [0.4, 0.5) is 4.79 Å². The molecule has 6 unspecified atom stereocenters. The Labute approximate surface area is 372 Å². The molecule has 3 aliphatic rings. The Morgan fingerprint density at radius 1 is 0.937 bits per heavy atom. The van der Waals surface area contributed by atoms with Gasteiger partial charge in [0.15, 0.2) is 0 Å². The third-order valence-electron chi connectivity index (χ3n) is 12.1. The van der Waals surface area contributed by atoms with Crippen LogP contribution in [0.1, 0.15) is 79.8 Å². The van der Waals surface area contributed by atoms with Gasteiger partial charge in [-0.05, 0) is 92.3 Å². The number of amides is 1. The molecule has 2 aliphatic carbocycles. The van der Waals surface area contributed by atoms with Crippen molar-refractivity contribution >= 4 is 11.8 Å². The van der Waals surface area contributed by atoms with Gasteiger partial charge in [-0.3, -0.25) is 9.88 Å². The molecule has 1 aliphatic heterocycles. The number of oxime groups is 1. The van der Waals surface area contributed by atoms with E-state index in [2.05, 4.69) is 30.3 Å². The Morgan fingerprint density at radius 3 is 2.49 bits per heavy atom. The summed E-state index contributed by atoms with van der Waals surface area (Å²) in [6, 6.07) is 20.8. The lowest BCUT2D eigenvalue weighted by atomic mass is 9.55. The minimum absolute atomic E-state index is 0.0261. The van der Waals surface area contributed by atoms with Crippen LogP contribution in [0.3, 0.4) is 0 Å². The van der Waals surface area contributed by atoms with E-state index in [4.69, 9.17) is 33.7 Å². The summed E-state index contributed by atoms with van der Waals surface area (Å²) in [6.45, 7) is 10.8. The molecule has 6 atom stereocenters. The summed E-state index contributed by atoms with van der Waals surface area (Å²) in [6.07, 6.45) is 10.3. The molecule has 1 aromatic heterocycles. The lowest BCUT2D eigenvalue weighted by Crippen LogP contribution is -2.70. The number of rotatable bonds is 26. The molecule has 13 nitrogen and oxygen atoms in total. The van der Waals surface area contributed by atoms with Gasteiger partial charge in [0.05, 0.1) is 50.4 Å². The van der Waals surface area contributed by atoms with Crippen molar-refractivity contribution in [3.8, 4) is 11.5 Å². The largest absolute Gasteiger partial charge is 0.487 e. The van der Waals surface area contributed by atoms with Crippen molar-refractivity contribution in [2.45, 2.75) is 89.3 Å². The highest BCUT2D eigenvalue weighted by Gasteiger charge is 2.65. The van der Waals surface area contributed by atoms with Crippen molar-refractivity contribution in [2.75, 3.05) is 52.8 Å². The summed E-state index contributed by atoms with van der Waals surface area (Å²) in [5, 5.41) is 34.4. The maximum Gasteiger partial charge on any atom is 0.410 e. The summed E-state index contributed by atoms with van der Waals surface area (Å²) >= 11 is 0. The van der Waals surface area contributed by atoms with Crippen molar-refractivity contribution in [3.05, 3.63) is 126 Å². The number of aryl methyl sites for hydroxylation is 1. The van der Waals surface area contributed by atoms with Crippen LogP contribution in [0.5, 0.6) is 11.5 Å². The number of carbonyl (C=O) groups excluding carboxylic acids is 1. The fourth-order valence-corrected chi connectivity index (χ4v) is 9.35. The van der Waals surface area contributed by atoms with Crippen LogP contribution in [-0.4, -0.2) is 102 Å². The zero-order valence-electron chi connectivity index (χ0n) is 36.7. The summed E-state index contributed by atoms with van der Waals surface area (Å²) in [7, 11) is 0. The molecule has 0 bridgehead atoms. The number of allylic oxidation sites excluding steroid dienone is 1. The molecule has 63 heavy (non-hydrogen) atoms. The van der Waals surface area contributed by atoms with Crippen molar-refractivity contribution in [1.82, 2.24) is 9.88 Å². The normalized spacial score (nSPS) is 22.8. The molecule has 0 radical (unpaired) electrons. The summed E-state index contributed by atoms with van der Waals surface area (Å²) in [5.41, 5.74) is 5.19. The lowest BCUT2D eigenvalue weighted by Gasteiger charge is -2.59. The van der Waals surface area contributed by atoms with Gasteiger partial charge in [-0.2, -0.15) is 0 Å². The van der Waals surface area contributed by atoms with Crippen LogP contribution in [0.2, 0.25) is 0 Å². The van der Waals surface area contributed by atoms with Crippen molar-refractivity contribution in [1.29, 1.82) is 0 Å². The number of carbonyl (C=O) groups is 1. The Hall–Kier alpha value is -5.05. The van der Waals surface area contributed by atoms with Crippen LogP contribution < -0.4 is 9.47 Å². The number of unbranched alkanes of at least 4 members (excludes halogenated alkanes) is 2. The standard InChI is InChI=1S/C50H65N3O10/c1-4-6-28-59-49(57)53(23-29-58-30-26-56)46-33-44(52-62-34-37-16-8-7-9-17-37)42-31-38(18-10-12-24-54)41(20-11-13-25-55)47-43-32-40(60-35-39-19-14-15-36(3)51-39)21-22-45(43)63-50(46,48(42)47)61-27-5-2/h4-5,7-9,14-17,19,21-22,31-32,38,41,46-48,54-56H,1-2,6,10-13,18,20,23-30,33-35H2,3H3. The van der Waals surface area contributed by atoms with Crippen LogP contribution >= 0.6 is 0 Å². The van der Waals surface area contributed by atoms with E-state index < -0.39 is 23.8 Å². The fourth-order valence-electron chi connectivity index (χ4n) is 9.35. The second-order valence-corrected chi connectivity index (χ2v) is 16.3. The van der Waals surface area contributed by atoms with Crippen molar-refractivity contribution in [3.63, 3.8) is 0 Å². The second-order valence-electron chi connectivity index (χ2n) is 16.3. The maximum atomic E-state index is 14.4. The van der Waals surface area contributed by atoms with Crippen molar-refractivity contribution < 1.29 is 48.6 Å². The molecule has 2 heterocycles. The maximum absolute atomic E-state index is 14.4. The Balaban J connectivity index is 1.55. The first kappa shape index (κ1) is 47.4. The first-order chi connectivity index (χ1) is 30.9. The summed E-state index contributed by atoms with van der Waals surface area (Å²) < 4.78 is 32.5. The molecule has 13 heteroatoms. The Morgan fingerprint density at radius 2 is 1.75 bits per heavy atom. The number of aliphatic hydroxyl groups is 3. The number of pyridine rings is 1. The van der Waals surface area contributed by atoms with E-state index >= 15 is 0 Å². The first-order valence-electron chi connectivity index (χ1n) is 22.4. The first-order valence-corrected chi connectivity index (χ1v) is 22.4. The molecule has 3 N–H and O–H groups in total. The fraction of sp³-hybridized carbons (Fsp3) is 0.500. The molecule has 1 saturated carbocycles. The highest BCUT2D eigenvalue weighted by atomic mass is 16.7. The number of aliphatic hydroxyl groups excluding tert-OH is 3. The van der Waals surface area contributed by atoms with Gasteiger partial charge < -0.3 is 43.8 Å². The van der Waals surface area contributed by atoms with Crippen LogP contribution in [0.25, 0.3) is 0 Å². The molecule has 340 valence electrons. The number of ether oxygens (including phenoxy) is 5. The Bertz CT molecular complexity index is 1990. The number of benzene rings is 2. The van der Waals surface area contributed by atoms with Crippen LogP contribution in [-0.2, 0) is 32.3 Å². The van der Waals surface area contributed by atoms with E-state index in [0.717, 1.165) is 53.8 Å². The van der Waals surface area contributed by atoms with Gasteiger partial charge in [0.2, 0.25) is 5.79 Å². The molecule has 3 aromatic rings. The molecule has 0 saturated heterocycles. The van der Waals surface area contributed by atoms with Gasteiger partial charge in [-0.15, -0.1) is 13.2 Å². The zero-order chi connectivity index (χ0) is 44.4. The molecular weight excluding hydrogens is 803 g/mol. The monoisotopic (exact) mass is 867 g/mol. The number of nitrogens with zero attached hydrogens (tertiary/aromatic N) is 3. The molecule has 1 amide bonds. The van der Waals surface area contributed by atoms with Crippen molar-refractivity contribution in [2.24, 2.45) is 22.9 Å². The SMILES string of the molecule is C=CCCOC(=O)N(CCOCCO)C1CC(=NOCc2ccccc2)C2=CC(CCCCO)C(CCCCO)C3c4cc(OCc5cccc(C)n5)ccc4OC1(OCC=C)C23. The smallest absolute Gasteiger partial charge is 0.410 e. The number of hydrogen-bond donors (Lipinski definition) is 3. The van der Waals surface area contributed by atoms with E-state index in [1.807, 2.05) is 67.6 Å². The van der Waals surface area contributed by atoms with E-state index in [0.29, 0.717) is 36.5 Å². The number of fused-ring (bicyclic) bond motifs is 2. The van der Waals surface area contributed by atoms with Gasteiger partial charge in [-0.1, -0.05) is 72.6 Å².